The molecule has 2 N–H and O–H groups in total. The van der Waals surface area contributed by atoms with Crippen LogP contribution in [-0.4, -0.2) is 32.8 Å². The van der Waals surface area contributed by atoms with Crippen molar-refractivity contribution in [2.24, 2.45) is 0 Å². The molecule has 4 nitrogen and oxygen atoms in total. The van der Waals surface area contributed by atoms with Crippen molar-refractivity contribution in [3.8, 4) is 0 Å². The number of aliphatic hydroxyl groups excluding tert-OH is 1. The summed E-state index contributed by atoms with van der Waals surface area (Å²) in [4.78, 5) is 6.26. The molecule has 1 aromatic carbocycles. The van der Waals surface area contributed by atoms with Gasteiger partial charge in [-0.1, -0.05) is 30.3 Å². The van der Waals surface area contributed by atoms with Gasteiger partial charge < -0.3 is 15.3 Å². The summed E-state index contributed by atoms with van der Waals surface area (Å²) in [5, 5.41) is 13.4. The van der Waals surface area contributed by atoms with E-state index in [4.69, 9.17) is 12.2 Å². The monoisotopic (exact) mass is 299 g/mol. The molecule has 0 fully saturated rings. The summed E-state index contributed by atoms with van der Waals surface area (Å²) >= 11 is 5.49. The molecule has 0 spiro atoms. The molecule has 0 unspecified atom stereocenters. The number of anilines is 1. The van der Waals surface area contributed by atoms with E-state index >= 15 is 0 Å². The lowest BCUT2D eigenvalue weighted by Crippen LogP contribution is -2.48. The number of hydrogen-bond donors (Lipinski definition) is 2. The summed E-state index contributed by atoms with van der Waals surface area (Å²) in [6, 6.07) is 13.9. The van der Waals surface area contributed by atoms with Crippen LogP contribution in [0.15, 0.2) is 48.7 Å². The van der Waals surface area contributed by atoms with Gasteiger partial charge in [0.05, 0.1) is 12.6 Å². The number of aliphatic hydroxyl groups is 1. The molecule has 3 rings (SSSR count). The van der Waals surface area contributed by atoms with E-state index in [-0.39, 0.29) is 12.6 Å². The molecule has 2 heterocycles. The number of thiocarbonyl (C=S) groups is 1. The Morgan fingerprint density at radius 2 is 2.00 bits per heavy atom. The van der Waals surface area contributed by atoms with Crippen molar-refractivity contribution in [3.05, 3.63) is 59.8 Å². The summed E-state index contributed by atoms with van der Waals surface area (Å²) in [6.07, 6.45) is 2.52. The van der Waals surface area contributed by atoms with Crippen LogP contribution in [0, 0.1) is 0 Å². The minimum Gasteiger partial charge on any atom is -0.394 e. The summed E-state index contributed by atoms with van der Waals surface area (Å²) in [7, 11) is 0. The van der Waals surface area contributed by atoms with Gasteiger partial charge in [0.15, 0.2) is 5.11 Å². The Balaban J connectivity index is 1.79. The fourth-order valence-corrected chi connectivity index (χ4v) is 2.92. The number of rotatable bonds is 2. The Labute approximate surface area is 129 Å². The third-order valence-electron chi connectivity index (χ3n) is 3.73. The lowest BCUT2D eigenvalue weighted by molar-refractivity contribution is 0.168. The second kappa shape index (κ2) is 6.20. The molecule has 5 heteroatoms. The van der Waals surface area contributed by atoms with Crippen molar-refractivity contribution >= 4 is 23.1 Å². The van der Waals surface area contributed by atoms with Crippen molar-refractivity contribution < 1.29 is 5.11 Å². The van der Waals surface area contributed by atoms with Crippen molar-refractivity contribution in [3.63, 3.8) is 0 Å². The first-order chi connectivity index (χ1) is 10.3. The largest absolute Gasteiger partial charge is 0.394 e. The van der Waals surface area contributed by atoms with Gasteiger partial charge in [0.2, 0.25) is 0 Å². The average molecular weight is 299 g/mol. The zero-order valence-corrected chi connectivity index (χ0v) is 12.4. The Morgan fingerprint density at radius 1 is 1.24 bits per heavy atom. The molecule has 0 saturated heterocycles. The number of fused-ring (bicyclic) bond motifs is 1. The molecule has 1 atom stereocenters. The highest BCUT2D eigenvalue weighted by molar-refractivity contribution is 7.80. The minimum absolute atomic E-state index is 0.00334. The van der Waals surface area contributed by atoms with Gasteiger partial charge in [-0.05, 0) is 41.9 Å². The zero-order valence-electron chi connectivity index (χ0n) is 11.6. The van der Waals surface area contributed by atoms with Crippen LogP contribution in [0.25, 0.3) is 0 Å². The number of pyridine rings is 1. The standard InChI is InChI=1S/C16H17N3OS/c20-11-14-9-12-5-1-2-6-13(12)10-19(14)16(21)18-15-7-3-4-8-17-15/h1-8,14,20H,9-11H2,(H,17,18,21)/t14-/m0/s1. The van der Waals surface area contributed by atoms with Gasteiger partial charge in [0.1, 0.15) is 5.82 Å². The van der Waals surface area contributed by atoms with Crippen LogP contribution in [0.1, 0.15) is 11.1 Å². The molecule has 2 aromatic rings. The Bertz CT molecular complexity index is 632. The van der Waals surface area contributed by atoms with Gasteiger partial charge in [-0.2, -0.15) is 0 Å². The maximum atomic E-state index is 9.66. The predicted octanol–water partition coefficient (Wildman–Crippen LogP) is 2.20. The molecule has 1 aliphatic rings. The van der Waals surface area contributed by atoms with E-state index in [0.717, 1.165) is 12.2 Å². The third-order valence-corrected chi connectivity index (χ3v) is 4.06. The van der Waals surface area contributed by atoms with Gasteiger partial charge in [0.25, 0.3) is 0 Å². The van der Waals surface area contributed by atoms with Gasteiger partial charge in [-0.25, -0.2) is 4.98 Å². The predicted molar refractivity (Wildman–Crippen MR) is 87.0 cm³/mol. The van der Waals surface area contributed by atoms with E-state index in [1.807, 2.05) is 35.2 Å². The van der Waals surface area contributed by atoms with Crippen LogP contribution in [0.4, 0.5) is 5.82 Å². The highest BCUT2D eigenvalue weighted by Gasteiger charge is 2.27. The molecule has 0 bridgehead atoms. The number of aromatic nitrogens is 1. The molecular formula is C16H17N3OS. The molecule has 1 aromatic heterocycles. The van der Waals surface area contributed by atoms with Crippen LogP contribution in [0.5, 0.6) is 0 Å². The van der Waals surface area contributed by atoms with E-state index < -0.39 is 0 Å². The van der Waals surface area contributed by atoms with Gasteiger partial charge >= 0.3 is 0 Å². The van der Waals surface area contributed by atoms with Crippen LogP contribution in [0.2, 0.25) is 0 Å². The second-order valence-electron chi connectivity index (χ2n) is 5.08. The van der Waals surface area contributed by atoms with Gasteiger partial charge in [-0.3, -0.25) is 0 Å². The molecule has 21 heavy (non-hydrogen) atoms. The molecule has 0 aliphatic carbocycles. The third kappa shape index (κ3) is 3.04. The maximum Gasteiger partial charge on any atom is 0.175 e. The Kier molecular flexibility index (Phi) is 4.13. The van der Waals surface area contributed by atoms with Crippen molar-refractivity contribution in [2.45, 2.75) is 19.0 Å². The fourth-order valence-electron chi connectivity index (χ4n) is 2.61. The summed E-state index contributed by atoms with van der Waals surface area (Å²) in [5.41, 5.74) is 2.54. The van der Waals surface area contributed by atoms with Crippen LogP contribution >= 0.6 is 12.2 Å². The highest BCUT2D eigenvalue weighted by atomic mass is 32.1. The molecule has 108 valence electrons. The van der Waals surface area contributed by atoms with Crippen LogP contribution < -0.4 is 5.32 Å². The van der Waals surface area contributed by atoms with Crippen LogP contribution in [0.3, 0.4) is 0 Å². The van der Waals surface area contributed by atoms with E-state index in [2.05, 4.69) is 22.4 Å². The summed E-state index contributed by atoms with van der Waals surface area (Å²) < 4.78 is 0. The molecule has 1 aliphatic heterocycles. The van der Waals surface area contributed by atoms with Crippen LogP contribution in [-0.2, 0) is 13.0 Å². The van der Waals surface area contributed by atoms with Crippen molar-refractivity contribution in [2.75, 3.05) is 11.9 Å². The first-order valence-electron chi connectivity index (χ1n) is 6.94. The molecule has 0 amide bonds. The number of nitrogens with zero attached hydrogens (tertiary/aromatic N) is 2. The number of nitrogens with one attached hydrogen (secondary N) is 1. The van der Waals surface area contributed by atoms with Gasteiger partial charge in [0, 0.05) is 12.7 Å². The normalized spacial score (nSPS) is 17.2. The average Bonchev–Trinajstić information content (AvgIpc) is 2.54. The van der Waals surface area contributed by atoms with E-state index in [0.29, 0.717) is 11.7 Å². The summed E-state index contributed by atoms with van der Waals surface area (Å²) in [5.74, 6) is 0.720. The van der Waals surface area contributed by atoms with E-state index in [1.165, 1.54) is 11.1 Å². The van der Waals surface area contributed by atoms with Crippen molar-refractivity contribution in [1.82, 2.24) is 9.88 Å². The molecule has 0 saturated carbocycles. The smallest absolute Gasteiger partial charge is 0.175 e. The first kappa shape index (κ1) is 14.0. The topological polar surface area (TPSA) is 48.4 Å². The lowest BCUT2D eigenvalue weighted by atomic mass is 9.95. The summed E-state index contributed by atoms with van der Waals surface area (Å²) in [6.45, 7) is 0.790. The Morgan fingerprint density at radius 3 is 2.71 bits per heavy atom. The number of hydrogen-bond acceptors (Lipinski definition) is 3. The zero-order chi connectivity index (χ0) is 14.7. The fraction of sp³-hybridized carbons (Fsp3) is 0.250. The van der Waals surface area contributed by atoms with E-state index in [9.17, 15) is 5.11 Å². The molecular weight excluding hydrogens is 282 g/mol. The highest BCUT2D eigenvalue weighted by Crippen LogP contribution is 2.23. The second-order valence-corrected chi connectivity index (χ2v) is 5.47. The van der Waals surface area contributed by atoms with E-state index in [1.54, 1.807) is 6.20 Å². The molecule has 0 radical (unpaired) electrons. The number of benzene rings is 1. The Hall–Kier alpha value is -1.98. The lowest BCUT2D eigenvalue weighted by Gasteiger charge is -2.37. The first-order valence-corrected chi connectivity index (χ1v) is 7.35. The van der Waals surface area contributed by atoms with Crippen molar-refractivity contribution in [1.29, 1.82) is 0 Å². The quantitative estimate of drug-likeness (QED) is 0.833. The SMILES string of the molecule is OC[C@@H]1Cc2ccccc2CN1C(=S)Nc1ccccn1. The minimum atomic E-state index is 0.00334. The van der Waals surface area contributed by atoms with Gasteiger partial charge in [-0.15, -0.1) is 0 Å². The maximum absolute atomic E-state index is 9.66.